The van der Waals surface area contributed by atoms with E-state index in [1.165, 1.54) is 21.3 Å². The maximum atomic E-state index is 5.67. The van der Waals surface area contributed by atoms with Gasteiger partial charge < -0.3 is 5.73 Å². The van der Waals surface area contributed by atoms with Gasteiger partial charge in [0.25, 0.3) is 0 Å². The van der Waals surface area contributed by atoms with Gasteiger partial charge in [0.05, 0.1) is 3.79 Å². The van der Waals surface area contributed by atoms with Crippen molar-refractivity contribution in [1.82, 2.24) is 0 Å². The summed E-state index contributed by atoms with van der Waals surface area (Å²) in [6, 6.07) is 0. The molecule has 12 heavy (non-hydrogen) atoms. The van der Waals surface area contributed by atoms with Crippen molar-refractivity contribution in [2.24, 2.45) is 5.73 Å². The summed E-state index contributed by atoms with van der Waals surface area (Å²) in [5.74, 6) is 0.631. The lowest BCUT2D eigenvalue weighted by Crippen LogP contribution is -2.01. The standard InChI is InChI=1S/C9H14BrNS/c1-3-6(2)8-5-12-9(10)7(8)4-11/h5-6H,3-4,11H2,1-2H3. The molecule has 1 aromatic heterocycles. The Bertz CT molecular complexity index is 257. The molecule has 0 fully saturated rings. The molecule has 1 heterocycles. The summed E-state index contributed by atoms with van der Waals surface area (Å²) < 4.78 is 1.19. The predicted molar refractivity (Wildman–Crippen MR) is 58.6 cm³/mol. The number of hydrogen-bond donors (Lipinski definition) is 1. The fourth-order valence-electron chi connectivity index (χ4n) is 1.20. The average molecular weight is 248 g/mol. The Morgan fingerprint density at radius 2 is 2.33 bits per heavy atom. The Kier molecular flexibility index (Phi) is 3.75. The van der Waals surface area contributed by atoms with E-state index in [0.29, 0.717) is 12.5 Å². The van der Waals surface area contributed by atoms with Crippen LogP contribution in [0, 0.1) is 0 Å². The van der Waals surface area contributed by atoms with Gasteiger partial charge >= 0.3 is 0 Å². The highest BCUT2D eigenvalue weighted by atomic mass is 79.9. The Balaban J connectivity index is 2.98. The molecule has 1 unspecified atom stereocenters. The van der Waals surface area contributed by atoms with Gasteiger partial charge in [-0.15, -0.1) is 11.3 Å². The number of rotatable bonds is 3. The van der Waals surface area contributed by atoms with Gasteiger partial charge in [0.2, 0.25) is 0 Å². The Morgan fingerprint density at radius 1 is 1.67 bits per heavy atom. The number of hydrogen-bond acceptors (Lipinski definition) is 2. The van der Waals surface area contributed by atoms with Crippen LogP contribution in [0.1, 0.15) is 37.3 Å². The summed E-state index contributed by atoms with van der Waals surface area (Å²) in [6.45, 7) is 5.09. The summed E-state index contributed by atoms with van der Waals surface area (Å²) in [6.07, 6.45) is 1.18. The van der Waals surface area contributed by atoms with Gasteiger partial charge in [0.15, 0.2) is 0 Å². The molecule has 0 saturated carbocycles. The molecular weight excluding hydrogens is 234 g/mol. The first kappa shape index (κ1) is 10.2. The van der Waals surface area contributed by atoms with E-state index < -0.39 is 0 Å². The van der Waals surface area contributed by atoms with Gasteiger partial charge in [-0.25, -0.2) is 0 Å². The average Bonchev–Trinajstić information content (AvgIpc) is 2.45. The molecule has 0 spiro atoms. The lowest BCUT2D eigenvalue weighted by atomic mass is 9.98. The van der Waals surface area contributed by atoms with Gasteiger partial charge in [-0.2, -0.15) is 0 Å². The fourth-order valence-corrected chi connectivity index (χ4v) is 2.82. The third-order valence-electron chi connectivity index (χ3n) is 2.22. The molecule has 0 radical (unpaired) electrons. The van der Waals surface area contributed by atoms with Crippen molar-refractivity contribution in [1.29, 1.82) is 0 Å². The van der Waals surface area contributed by atoms with Crippen LogP contribution in [-0.2, 0) is 6.54 Å². The minimum absolute atomic E-state index is 0.631. The molecule has 0 aliphatic rings. The maximum absolute atomic E-state index is 5.67. The van der Waals surface area contributed by atoms with Crippen LogP contribution in [-0.4, -0.2) is 0 Å². The van der Waals surface area contributed by atoms with Crippen LogP contribution in [0.4, 0.5) is 0 Å². The van der Waals surface area contributed by atoms with Crippen molar-refractivity contribution < 1.29 is 0 Å². The summed E-state index contributed by atoms with van der Waals surface area (Å²) in [4.78, 5) is 0. The Morgan fingerprint density at radius 3 is 2.83 bits per heavy atom. The highest BCUT2D eigenvalue weighted by Crippen LogP contribution is 2.33. The molecule has 1 rings (SSSR count). The zero-order valence-corrected chi connectivity index (χ0v) is 9.83. The normalized spacial score (nSPS) is 13.3. The van der Waals surface area contributed by atoms with E-state index in [1.807, 2.05) is 0 Å². The van der Waals surface area contributed by atoms with E-state index in [9.17, 15) is 0 Å². The van der Waals surface area contributed by atoms with E-state index in [1.54, 1.807) is 11.3 Å². The van der Waals surface area contributed by atoms with Gasteiger partial charge in [0.1, 0.15) is 0 Å². The molecule has 0 saturated heterocycles. The molecule has 0 bridgehead atoms. The largest absolute Gasteiger partial charge is 0.326 e. The van der Waals surface area contributed by atoms with Crippen LogP contribution >= 0.6 is 27.3 Å². The molecule has 0 aromatic carbocycles. The lowest BCUT2D eigenvalue weighted by molar-refractivity contribution is 0.725. The number of nitrogens with two attached hydrogens (primary N) is 1. The monoisotopic (exact) mass is 247 g/mol. The van der Waals surface area contributed by atoms with Crippen LogP contribution in [0.3, 0.4) is 0 Å². The van der Waals surface area contributed by atoms with Crippen LogP contribution in [0.2, 0.25) is 0 Å². The second-order valence-corrected chi connectivity index (χ2v) is 5.15. The Labute approximate surface area is 86.1 Å². The topological polar surface area (TPSA) is 26.0 Å². The predicted octanol–water partition coefficient (Wildman–Crippen LogP) is 3.48. The van der Waals surface area contributed by atoms with Gasteiger partial charge in [-0.3, -0.25) is 0 Å². The number of thiophene rings is 1. The van der Waals surface area contributed by atoms with Crippen LogP contribution in [0.5, 0.6) is 0 Å². The molecule has 0 amide bonds. The first-order chi connectivity index (χ1) is 5.70. The van der Waals surface area contributed by atoms with E-state index in [0.717, 1.165) is 0 Å². The van der Waals surface area contributed by atoms with Crippen molar-refractivity contribution in [3.05, 3.63) is 20.3 Å². The highest BCUT2D eigenvalue weighted by Gasteiger charge is 2.12. The van der Waals surface area contributed by atoms with Crippen LogP contribution < -0.4 is 5.73 Å². The number of halogens is 1. The van der Waals surface area contributed by atoms with Gasteiger partial charge in [-0.1, -0.05) is 13.8 Å². The third-order valence-corrected chi connectivity index (χ3v) is 4.09. The maximum Gasteiger partial charge on any atom is 0.0746 e. The second-order valence-electron chi connectivity index (χ2n) is 2.96. The first-order valence-electron chi connectivity index (χ1n) is 4.16. The smallest absolute Gasteiger partial charge is 0.0746 e. The molecule has 0 aliphatic carbocycles. The van der Waals surface area contributed by atoms with E-state index in [-0.39, 0.29) is 0 Å². The molecule has 2 N–H and O–H groups in total. The molecule has 1 nitrogen and oxygen atoms in total. The third kappa shape index (κ3) is 1.90. The SMILES string of the molecule is CCC(C)c1csc(Br)c1CN. The Hall–Kier alpha value is 0.140. The zero-order chi connectivity index (χ0) is 9.14. The summed E-state index contributed by atoms with van der Waals surface area (Å²) in [5.41, 5.74) is 8.37. The highest BCUT2D eigenvalue weighted by molar-refractivity contribution is 9.11. The van der Waals surface area contributed by atoms with E-state index in [2.05, 4.69) is 35.2 Å². The van der Waals surface area contributed by atoms with Crippen LogP contribution in [0.15, 0.2) is 9.17 Å². The summed E-state index contributed by atoms with van der Waals surface area (Å²) in [5, 5.41) is 2.21. The second kappa shape index (κ2) is 4.40. The zero-order valence-electron chi connectivity index (χ0n) is 7.43. The first-order valence-corrected chi connectivity index (χ1v) is 5.83. The van der Waals surface area contributed by atoms with E-state index >= 15 is 0 Å². The summed E-state index contributed by atoms with van der Waals surface area (Å²) in [7, 11) is 0. The van der Waals surface area contributed by atoms with Crippen molar-refractivity contribution in [3.63, 3.8) is 0 Å². The fraction of sp³-hybridized carbons (Fsp3) is 0.556. The molecule has 3 heteroatoms. The summed E-state index contributed by atoms with van der Waals surface area (Å²) >= 11 is 5.25. The van der Waals surface area contributed by atoms with E-state index in [4.69, 9.17) is 5.73 Å². The van der Waals surface area contributed by atoms with Crippen molar-refractivity contribution in [2.75, 3.05) is 0 Å². The van der Waals surface area contributed by atoms with Crippen molar-refractivity contribution >= 4 is 27.3 Å². The van der Waals surface area contributed by atoms with Gasteiger partial charge in [0, 0.05) is 6.54 Å². The minimum Gasteiger partial charge on any atom is -0.326 e. The van der Waals surface area contributed by atoms with Crippen molar-refractivity contribution in [3.8, 4) is 0 Å². The van der Waals surface area contributed by atoms with Crippen molar-refractivity contribution in [2.45, 2.75) is 32.7 Å². The van der Waals surface area contributed by atoms with Gasteiger partial charge in [-0.05, 0) is 44.8 Å². The minimum atomic E-state index is 0.631. The molecular formula is C9H14BrNS. The lowest BCUT2D eigenvalue weighted by Gasteiger charge is -2.08. The molecule has 1 atom stereocenters. The molecule has 68 valence electrons. The van der Waals surface area contributed by atoms with Crippen LogP contribution in [0.25, 0.3) is 0 Å². The molecule has 1 aromatic rings. The molecule has 0 aliphatic heterocycles. The quantitative estimate of drug-likeness (QED) is 0.870.